The van der Waals surface area contributed by atoms with Gasteiger partial charge in [-0.05, 0) is 37.3 Å². The fourth-order valence-electron chi connectivity index (χ4n) is 3.57. The number of hydrogen-bond donors (Lipinski definition) is 3. The van der Waals surface area contributed by atoms with Gasteiger partial charge in [-0.25, -0.2) is 15.0 Å². The van der Waals surface area contributed by atoms with Crippen molar-refractivity contribution in [1.82, 2.24) is 15.0 Å². The minimum absolute atomic E-state index is 0.166. The Hall–Kier alpha value is -3.41. The summed E-state index contributed by atoms with van der Waals surface area (Å²) in [5.41, 5.74) is -1.43. The molecule has 1 aliphatic rings. The number of nitrogens with zero attached hydrogens (tertiary/aromatic N) is 4. The Balaban J connectivity index is 1.62. The lowest BCUT2D eigenvalue weighted by atomic mass is 10.0. The van der Waals surface area contributed by atoms with Crippen LogP contribution in [0.3, 0.4) is 0 Å². The summed E-state index contributed by atoms with van der Waals surface area (Å²) in [6.07, 6.45) is 2.53. The lowest BCUT2D eigenvalue weighted by Gasteiger charge is -2.21. The number of rotatable bonds is 6. The minimum atomic E-state index is -3.84. The number of aliphatic hydroxyl groups excluding tert-OH is 2. The third kappa shape index (κ3) is 5.38. The van der Waals surface area contributed by atoms with E-state index in [1.165, 1.54) is 36.8 Å². The van der Waals surface area contributed by atoms with Crippen LogP contribution in [0.4, 0.5) is 20.3 Å². The molecule has 3 heterocycles. The number of aryl methyl sites for hydroxylation is 1. The Morgan fingerprint density at radius 2 is 1.82 bits per heavy atom. The number of amides is 1. The Labute approximate surface area is 198 Å². The van der Waals surface area contributed by atoms with Gasteiger partial charge >= 0.3 is 5.57 Å². The maximum atomic E-state index is 12.9. The SMILES string of the molecule is Cc1ncncc1-c1cc(C(=O)Nc2ccc(OC(F)(F)Cl)cc2)cnc1N1CC(O)C(O)C1. The summed E-state index contributed by atoms with van der Waals surface area (Å²) in [5.74, 6) is -0.193. The topological polar surface area (TPSA) is 121 Å². The van der Waals surface area contributed by atoms with Crippen molar-refractivity contribution >= 4 is 29.0 Å². The van der Waals surface area contributed by atoms with Gasteiger partial charge in [0.2, 0.25) is 0 Å². The zero-order valence-electron chi connectivity index (χ0n) is 17.8. The first-order valence-electron chi connectivity index (χ1n) is 10.2. The quantitative estimate of drug-likeness (QED) is 0.450. The van der Waals surface area contributed by atoms with E-state index < -0.39 is 23.7 Å². The molecule has 1 aromatic carbocycles. The van der Waals surface area contributed by atoms with E-state index in [9.17, 15) is 23.8 Å². The highest BCUT2D eigenvalue weighted by Crippen LogP contribution is 2.33. The zero-order valence-corrected chi connectivity index (χ0v) is 18.6. The second-order valence-corrected chi connectivity index (χ2v) is 8.12. The third-order valence-corrected chi connectivity index (χ3v) is 5.31. The minimum Gasteiger partial charge on any atom is -0.420 e. The number of nitrogens with one attached hydrogen (secondary N) is 1. The average Bonchev–Trinajstić information content (AvgIpc) is 3.12. The summed E-state index contributed by atoms with van der Waals surface area (Å²) >= 11 is 4.75. The molecule has 0 spiro atoms. The lowest BCUT2D eigenvalue weighted by Crippen LogP contribution is -2.23. The first-order chi connectivity index (χ1) is 16.1. The van der Waals surface area contributed by atoms with Crippen molar-refractivity contribution in [3.05, 3.63) is 60.3 Å². The fourth-order valence-corrected chi connectivity index (χ4v) is 3.66. The van der Waals surface area contributed by atoms with Crippen molar-refractivity contribution in [1.29, 1.82) is 0 Å². The van der Waals surface area contributed by atoms with Crippen molar-refractivity contribution < 1.29 is 28.5 Å². The molecule has 1 amide bonds. The molecule has 3 N–H and O–H groups in total. The second-order valence-electron chi connectivity index (χ2n) is 7.68. The van der Waals surface area contributed by atoms with Crippen LogP contribution in [0.2, 0.25) is 0 Å². The lowest BCUT2D eigenvalue weighted by molar-refractivity contribution is -0.0964. The highest BCUT2D eigenvalue weighted by atomic mass is 35.5. The molecule has 2 atom stereocenters. The molecule has 9 nitrogen and oxygen atoms in total. The highest BCUT2D eigenvalue weighted by Gasteiger charge is 2.32. The number of carbonyl (C=O) groups is 1. The Morgan fingerprint density at radius 1 is 1.15 bits per heavy atom. The highest BCUT2D eigenvalue weighted by molar-refractivity contribution is 6.20. The number of ether oxygens (including phenoxy) is 1. The van der Waals surface area contributed by atoms with Gasteiger partial charge in [-0.15, -0.1) is 8.78 Å². The number of halogens is 3. The first kappa shape index (κ1) is 23.7. The Bertz CT molecular complexity index is 1180. The third-order valence-electron chi connectivity index (χ3n) is 5.23. The van der Waals surface area contributed by atoms with Gasteiger partial charge in [-0.2, -0.15) is 0 Å². The molecule has 178 valence electrons. The normalized spacial score (nSPS) is 18.1. The van der Waals surface area contributed by atoms with Gasteiger partial charge in [0.25, 0.3) is 5.91 Å². The van der Waals surface area contributed by atoms with E-state index in [2.05, 4.69) is 25.0 Å². The summed E-state index contributed by atoms with van der Waals surface area (Å²) in [4.78, 5) is 27.3. The number of β-amino-alcohol motifs (C(OH)–C–C–N with tert-alkyl or cyclic N) is 2. The number of anilines is 2. The van der Waals surface area contributed by atoms with Gasteiger partial charge < -0.3 is 25.2 Å². The van der Waals surface area contributed by atoms with Crippen LogP contribution in [0.5, 0.6) is 5.75 Å². The molecule has 0 saturated carbocycles. The smallest absolute Gasteiger partial charge is 0.420 e. The van der Waals surface area contributed by atoms with Crippen LogP contribution in [-0.2, 0) is 0 Å². The van der Waals surface area contributed by atoms with Crippen molar-refractivity contribution in [2.24, 2.45) is 0 Å². The predicted molar refractivity (Wildman–Crippen MR) is 120 cm³/mol. The monoisotopic (exact) mass is 491 g/mol. The molecule has 2 aromatic heterocycles. The van der Waals surface area contributed by atoms with Crippen LogP contribution >= 0.6 is 11.6 Å². The Kier molecular flexibility index (Phi) is 6.60. The zero-order chi connectivity index (χ0) is 24.5. The molecule has 1 aliphatic heterocycles. The number of benzene rings is 1. The van der Waals surface area contributed by atoms with Crippen LogP contribution in [0.25, 0.3) is 11.1 Å². The molecular formula is C22H20ClF2N5O4. The van der Waals surface area contributed by atoms with E-state index in [4.69, 9.17) is 11.6 Å². The summed E-state index contributed by atoms with van der Waals surface area (Å²) in [5, 5.41) is 22.6. The van der Waals surface area contributed by atoms with Crippen molar-refractivity contribution in [2.75, 3.05) is 23.3 Å². The molecule has 0 aliphatic carbocycles. The summed E-state index contributed by atoms with van der Waals surface area (Å²) in [6, 6.07) is 6.88. The van der Waals surface area contributed by atoms with E-state index >= 15 is 0 Å². The summed E-state index contributed by atoms with van der Waals surface area (Å²) < 4.78 is 29.8. The largest absolute Gasteiger partial charge is 0.487 e. The molecule has 34 heavy (non-hydrogen) atoms. The first-order valence-corrected chi connectivity index (χ1v) is 10.5. The molecule has 1 saturated heterocycles. The number of alkyl halides is 3. The second kappa shape index (κ2) is 9.45. The standard InChI is InChI=1S/C22H20ClF2N5O4/c1-12-17(8-26-11-28-12)16-6-13(7-27-20(16)30-9-18(31)19(32)10-30)21(33)29-14-2-4-15(5-3-14)34-22(23,24)25/h2-8,11,18-19,31-32H,9-10H2,1H3,(H,29,33). The Morgan fingerprint density at radius 3 is 2.44 bits per heavy atom. The number of carbonyl (C=O) groups excluding carboxylic acids is 1. The summed E-state index contributed by atoms with van der Waals surface area (Å²) in [7, 11) is 0. The van der Waals surface area contributed by atoms with Crippen LogP contribution in [0.15, 0.2) is 49.1 Å². The molecule has 1 fully saturated rings. The van der Waals surface area contributed by atoms with E-state index in [1.807, 2.05) is 0 Å². The predicted octanol–water partition coefficient (Wildman–Crippen LogP) is 2.81. The molecule has 3 aromatic rings. The van der Waals surface area contributed by atoms with Crippen molar-refractivity contribution in [3.8, 4) is 16.9 Å². The fraction of sp³-hybridized carbons (Fsp3) is 0.273. The van der Waals surface area contributed by atoms with Gasteiger partial charge in [0.1, 0.15) is 17.9 Å². The van der Waals surface area contributed by atoms with E-state index in [-0.39, 0.29) is 24.4 Å². The molecular weight excluding hydrogens is 472 g/mol. The molecule has 0 radical (unpaired) electrons. The number of aliphatic hydroxyl groups is 2. The van der Waals surface area contributed by atoms with E-state index in [1.54, 1.807) is 24.1 Å². The number of aromatic nitrogens is 3. The number of hydrogen-bond acceptors (Lipinski definition) is 8. The van der Waals surface area contributed by atoms with Gasteiger partial charge in [0, 0.05) is 59.6 Å². The van der Waals surface area contributed by atoms with Crippen LogP contribution < -0.4 is 15.0 Å². The van der Waals surface area contributed by atoms with Crippen molar-refractivity contribution in [2.45, 2.75) is 24.7 Å². The van der Waals surface area contributed by atoms with Gasteiger partial charge in [0.15, 0.2) is 0 Å². The van der Waals surface area contributed by atoms with Crippen LogP contribution in [-0.4, -0.2) is 61.9 Å². The molecule has 0 bridgehead atoms. The summed E-state index contributed by atoms with van der Waals surface area (Å²) in [6.45, 7) is 2.14. The van der Waals surface area contributed by atoms with Gasteiger partial charge in [-0.1, -0.05) is 0 Å². The van der Waals surface area contributed by atoms with Crippen molar-refractivity contribution in [3.63, 3.8) is 0 Å². The molecule has 2 unspecified atom stereocenters. The molecule has 12 heteroatoms. The van der Waals surface area contributed by atoms with Gasteiger partial charge in [0.05, 0.1) is 17.8 Å². The van der Waals surface area contributed by atoms with Crippen LogP contribution in [0.1, 0.15) is 16.1 Å². The average molecular weight is 492 g/mol. The maximum absolute atomic E-state index is 12.9. The van der Waals surface area contributed by atoms with E-state index in [0.29, 0.717) is 28.3 Å². The van der Waals surface area contributed by atoms with Crippen LogP contribution in [0, 0.1) is 6.92 Å². The van der Waals surface area contributed by atoms with E-state index in [0.717, 1.165) is 0 Å². The molecule has 4 rings (SSSR count). The number of pyridine rings is 1. The maximum Gasteiger partial charge on any atom is 0.487 e. The van der Waals surface area contributed by atoms with Gasteiger partial charge in [-0.3, -0.25) is 4.79 Å².